The van der Waals surface area contributed by atoms with E-state index in [1.807, 2.05) is 6.07 Å². The number of nitrogens with one attached hydrogen (secondary N) is 1. The summed E-state index contributed by atoms with van der Waals surface area (Å²) in [5, 5.41) is 3.90. The number of aromatic amines is 1. The number of imidazole rings is 1. The van der Waals surface area contributed by atoms with Crippen LogP contribution in [0.2, 0.25) is 0 Å². The standard InChI is InChI=1S/C33H37N7O3/c1-3-22-8-7-11-25(18-22)27-28-29(35-30(34-27)31-37-33(41)43-38-31)36-32(40(28)19-23-14-12-21(2)13-15-23)39-16-17-42-20-26(39)24-9-5-4-6-10-24/h4-11,18,21,23,26H,3,12-17,19-20H2,1-2H3,(H,37,38,41)/t21?,23?,26-/m0/s1. The lowest BCUT2D eigenvalue weighted by molar-refractivity contribution is 0.0927. The summed E-state index contributed by atoms with van der Waals surface area (Å²) < 4.78 is 13.2. The van der Waals surface area contributed by atoms with Crippen LogP contribution in [0.25, 0.3) is 34.1 Å². The monoisotopic (exact) mass is 579 g/mol. The first-order valence-corrected chi connectivity index (χ1v) is 15.4. The highest BCUT2D eigenvalue weighted by molar-refractivity contribution is 5.91. The van der Waals surface area contributed by atoms with Crippen molar-refractivity contribution in [2.45, 2.75) is 58.5 Å². The van der Waals surface area contributed by atoms with Gasteiger partial charge in [0.25, 0.3) is 0 Å². The Morgan fingerprint density at radius 3 is 2.60 bits per heavy atom. The average Bonchev–Trinajstić information content (AvgIpc) is 3.65. The molecule has 1 saturated carbocycles. The number of benzene rings is 2. The second-order valence-corrected chi connectivity index (χ2v) is 11.9. The van der Waals surface area contributed by atoms with Crippen molar-refractivity contribution in [3.8, 4) is 22.9 Å². The highest BCUT2D eigenvalue weighted by atomic mass is 16.5. The first kappa shape index (κ1) is 27.5. The molecular formula is C33H37N7O3. The number of aromatic nitrogens is 6. The molecule has 2 aromatic carbocycles. The molecule has 1 N–H and O–H groups in total. The van der Waals surface area contributed by atoms with Gasteiger partial charge >= 0.3 is 5.76 Å². The molecule has 1 atom stereocenters. The lowest BCUT2D eigenvalue weighted by Crippen LogP contribution is -2.41. The first-order chi connectivity index (χ1) is 21.1. The van der Waals surface area contributed by atoms with E-state index in [1.54, 1.807) is 0 Å². The SMILES string of the molecule is CCc1cccc(-c2nc(-c3noc(=O)[nH]3)nc3nc(N4CCOC[C@H]4c4ccccc4)n(CC4CCC(C)CC4)c23)c1. The maximum Gasteiger partial charge on any atom is 0.439 e. The number of hydrogen-bond acceptors (Lipinski definition) is 8. The molecule has 0 unspecified atom stereocenters. The van der Waals surface area contributed by atoms with Crippen LogP contribution >= 0.6 is 0 Å². The van der Waals surface area contributed by atoms with Crippen LogP contribution < -0.4 is 10.7 Å². The van der Waals surface area contributed by atoms with Crippen LogP contribution in [0.15, 0.2) is 63.9 Å². The van der Waals surface area contributed by atoms with E-state index in [1.165, 1.54) is 36.8 Å². The van der Waals surface area contributed by atoms with Crippen LogP contribution in [0, 0.1) is 11.8 Å². The van der Waals surface area contributed by atoms with Crippen LogP contribution in [0.4, 0.5) is 5.95 Å². The smallest absolute Gasteiger partial charge is 0.377 e. The molecule has 7 rings (SSSR count). The molecule has 5 aromatic rings. The van der Waals surface area contributed by atoms with Gasteiger partial charge in [0.2, 0.25) is 17.6 Å². The predicted molar refractivity (Wildman–Crippen MR) is 165 cm³/mol. The van der Waals surface area contributed by atoms with Gasteiger partial charge in [0.15, 0.2) is 5.65 Å². The number of fused-ring (bicyclic) bond motifs is 1. The minimum absolute atomic E-state index is 0.0167. The molecule has 10 heteroatoms. The average molecular weight is 580 g/mol. The molecule has 222 valence electrons. The summed E-state index contributed by atoms with van der Waals surface area (Å²) in [5.74, 6) is 1.98. The van der Waals surface area contributed by atoms with E-state index in [4.69, 9.17) is 24.2 Å². The molecule has 10 nitrogen and oxygen atoms in total. The summed E-state index contributed by atoms with van der Waals surface area (Å²) >= 11 is 0. The van der Waals surface area contributed by atoms with Gasteiger partial charge in [-0.2, -0.15) is 4.98 Å². The molecule has 3 aromatic heterocycles. The van der Waals surface area contributed by atoms with Crippen molar-refractivity contribution in [3.05, 3.63) is 76.3 Å². The number of rotatable bonds is 7. The van der Waals surface area contributed by atoms with Gasteiger partial charge < -0.3 is 14.2 Å². The Balaban J connectivity index is 1.45. The molecule has 4 heterocycles. The fraction of sp³-hybridized carbons (Fsp3) is 0.424. The molecule has 0 amide bonds. The molecule has 0 spiro atoms. The maximum atomic E-state index is 11.9. The van der Waals surface area contributed by atoms with Crippen molar-refractivity contribution in [2.75, 3.05) is 24.7 Å². The number of H-pyrrole nitrogens is 1. The summed E-state index contributed by atoms with van der Waals surface area (Å²) in [4.78, 5) is 32.0. The van der Waals surface area contributed by atoms with E-state index in [9.17, 15) is 4.79 Å². The largest absolute Gasteiger partial charge is 0.439 e. The van der Waals surface area contributed by atoms with Crippen molar-refractivity contribution >= 4 is 17.1 Å². The third-order valence-corrected chi connectivity index (χ3v) is 8.99. The maximum absolute atomic E-state index is 11.9. The van der Waals surface area contributed by atoms with Crippen LogP contribution in [0.5, 0.6) is 0 Å². The van der Waals surface area contributed by atoms with Gasteiger partial charge in [-0.15, -0.1) is 0 Å². The molecule has 43 heavy (non-hydrogen) atoms. The van der Waals surface area contributed by atoms with Gasteiger partial charge in [-0.3, -0.25) is 9.51 Å². The molecule has 1 saturated heterocycles. The zero-order chi connectivity index (χ0) is 29.3. The highest BCUT2D eigenvalue weighted by Gasteiger charge is 2.32. The molecule has 2 aliphatic rings. The summed E-state index contributed by atoms with van der Waals surface area (Å²) in [6.07, 6.45) is 5.75. The van der Waals surface area contributed by atoms with Gasteiger partial charge in [-0.25, -0.2) is 14.8 Å². The van der Waals surface area contributed by atoms with E-state index in [0.717, 1.165) is 41.6 Å². The fourth-order valence-electron chi connectivity index (χ4n) is 6.55. The van der Waals surface area contributed by atoms with E-state index in [-0.39, 0.29) is 17.7 Å². The Morgan fingerprint density at radius 1 is 1.00 bits per heavy atom. The molecule has 2 fully saturated rings. The number of nitrogens with zero attached hydrogens (tertiary/aromatic N) is 6. The Morgan fingerprint density at radius 2 is 1.84 bits per heavy atom. The normalized spacial score (nSPS) is 21.0. The summed E-state index contributed by atoms with van der Waals surface area (Å²) in [6.45, 7) is 7.25. The minimum atomic E-state index is -0.648. The Labute approximate surface area is 250 Å². The predicted octanol–water partition coefficient (Wildman–Crippen LogP) is 5.80. The quantitative estimate of drug-likeness (QED) is 0.257. The van der Waals surface area contributed by atoms with Gasteiger partial charge in [-0.05, 0) is 48.3 Å². The van der Waals surface area contributed by atoms with Crippen LogP contribution in [0.3, 0.4) is 0 Å². The van der Waals surface area contributed by atoms with E-state index in [0.29, 0.717) is 31.3 Å². The number of aryl methyl sites for hydroxylation is 1. The fourth-order valence-corrected chi connectivity index (χ4v) is 6.55. The highest BCUT2D eigenvalue weighted by Crippen LogP contribution is 2.38. The Hall–Kier alpha value is -4.31. The minimum Gasteiger partial charge on any atom is -0.377 e. The van der Waals surface area contributed by atoms with Crippen molar-refractivity contribution < 1.29 is 9.26 Å². The number of hydrogen-bond donors (Lipinski definition) is 1. The topological polar surface area (TPSA) is 115 Å². The second-order valence-electron chi connectivity index (χ2n) is 11.9. The van der Waals surface area contributed by atoms with E-state index < -0.39 is 5.76 Å². The van der Waals surface area contributed by atoms with Gasteiger partial charge in [0, 0.05) is 18.7 Å². The van der Waals surface area contributed by atoms with Crippen LogP contribution in [0.1, 0.15) is 56.7 Å². The van der Waals surface area contributed by atoms with E-state index >= 15 is 0 Å². The summed E-state index contributed by atoms with van der Waals surface area (Å²) in [7, 11) is 0. The van der Waals surface area contributed by atoms with E-state index in [2.05, 4.69) is 82.0 Å². The number of morpholine rings is 1. The number of anilines is 1. The zero-order valence-corrected chi connectivity index (χ0v) is 24.7. The lowest BCUT2D eigenvalue weighted by Gasteiger charge is -2.37. The van der Waals surface area contributed by atoms with Gasteiger partial charge in [0.1, 0.15) is 11.2 Å². The summed E-state index contributed by atoms with van der Waals surface area (Å²) in [5.41, 5.74) is 5.62. The van der Waals surface area contributed by atoms with Gasteiger partial charge in [-0.1, -0.05) is 80.4 Å². The van der Waals surface area contributed by atoms with Gasteiger partial charge in [0.05, 0.1) is 19.3 Å². The van der Waals surface area contributed by atoms with Crippen LogP contribution in [-0.2, 0) is 17.7 Å². The Kier molecular flexibility index (Phi) is 7.52. The number of ether oxygens (including phenoxy) is 1. The van der Waals surface area contributed by atoms with Crippen LogP contribution in [-0.4, -0.2) is 49.4 Å². The lowest BCUT2D eigenvalue weighted by atomic mass is 9.83. The van der Waals surface area contributed by atoms with Crippen molar-refractivity contribution in [1.82, 2.24) is 29.7 Å². The first-order valence-electron chi connectivity index (χ1n) is 15.4. The third kappa shape index (κ3) is 5.47. The summed E-state index contributed by atoms with van der Waals surface area (Å²) in [6, 6.07) is 19.0. The Bertz CT molecular complexity index is 1770. The van der Waals surface area contributed by atoms with Crippen molar-refractivity contribution in [1.29, 1.82) is 0 Å². The molecule has 0 bridgehead atoms. The van der Waals surface area contributed by atoms with Crippen molar-refractivity contribution in [3.63, 3.8) is 0 Å². The third-order valence-electron chi connectivity index (χ3n) is 8.99. The zero-order valence-electron chi connectivity index (χ0n) is 24.7. The second kappa shape index (κ2) is 11.8. The molecule has 1 aliphatic carbocycles. The van der Waals surface area contributed by atoms with Crippen molar-refractivity contribution in [2.24, 2.45) is 11.8 Å². The molecule has 0 radical (unpaired) electrons. The molecular weight excluding hydrogens is 542 g/mol. The molecule has 1 aliphatic heterocycles.